The molecule has 2 atom stereocenters. The second kappa shape index (κ2) is 7.79. The molecule has 3 nitrogen and oxygen atoms in total. The number of ketones is 1. The largest absolute Gasteiger partial charge is 0.369 e. The number of halogens is 4. The Bertz CT molecular complexity index is 910. The molecule has 0 radical (unpaired) electrons. The maximum absolute atomic E-state index is 12.3. The van der Waals surface area contributed by atoms with Gasteiger partial charge in [-0.2, -0.15) is 0 Å². The minimum Gasteiger partial charge on any atom is -0.369 e. The number of carbonyl (C=O) groups is 1. The van der Waals surface area contributed by atoms with Gasteiger partial charge in [-0.1, -0.05) is 58.5 Å². The van der Waals surface area contributed by atoms with Crippen molar-refractivity contribution in [2.75, 3.05) is 0 Å². The number of allylic oxidation sites excluding steroid dienone is 1. The number of nitrogens with one attached hydrogen (secondary N) is 2. The van der Waals surface area contributed by atoms with Crippen LogP contribution < -0.4 is 10.6 Å². The van der Waals surface area contributed by atoms with Gasteiger partial charge in [-0.05, 0) is 43.7 Å². The molecule has 0 unspecified atom stereocenters. The molecular weight excluding hydrogens is 414 g/mol. The first-order valence-electron chi connectivity index (χ1n) is 7.92. The summed E-state index contributed by atoms with van der Waals surface area (Å²) in [5.41, 5.74) is 2.99. The van der Waals surface area contributed by atoms with Gasteiger partial charge in [0.15, 0.2) is 5.78 Å². The van der Waals surface area contributed by atoms with Crippen molar-refractivity contribution >= 4 is 52.2 Å². The SMILES string of the molecule is CC(=O)C1=C(C)N[C@@H](c2ccc(Cl)cc2Cl)N[C@@H]1c1ccc(Cl)cc1Cl. The Morgan fingerprint density at radius 1 is 0.923 bits per heavy atom. The smallest absolute Gasteiger partial charge is 0.159 e. The van der Waals surface area contributed by atoms with E-state index in [1.165, 1.54) is 6.92 Å². The third-order valence-electron chi connectivity index (χ3n) is 4.31. The third kappa shape index (κ3) is 3.88. The van der Waals surface area contributed by atoms with Gasteiger partial charge in [0.1, 0.15) is 6.17 Å². The number of benzene rings is 2. The van der Waals surface area contributed by atoms with E-state index in [-0.39, 0.29) is 11.9 Å². The number of Topliss-reactive ketones (excluding diaryl/α,β-unsaturated/α-hetero) is 1. The highest BCUT2D eigenvalue weighted by Crippen LogP contribution is 2.37. The Hall–Kier alpha value is -1.23. The lowest BCUT2D eigenvalue weighted by molar-refractivity contribution is -0.114. The number of rotatable bonds is 3. The molecule has 1 aliphatic heterocycles. The van der Waals surface area contributed by atoms with E-state index in [1.54, 1.807) is 24.3 Å². The first-order valence-corrected chi connectivity index (χ1v) is 9.43. The van der Waals surface area contributed by atoms with E-state index in [0.717, 1.165) is 16.8 Å². The van der Waals surface area contributed by atoms with E-state index < -0.39 is 6.04 Å². The van der Waals surface area contributed by atoms with E-state index in [1.807, 2.05) is 19.1 Å². The summed E-state index contributed by atoms with van der Waals surface area (Å²) in [6.45, 7) is 3.40. The standard InChI is InChI=1S/C19H16Cl4N2O/c1-9-17(10(2)26)18(13-5-3-11(20)7-15(13)22)25-19(24-9)14-6-4-12(21)8-16(14)23/h3-8,18-19,24-25H,1-2H3/t18-,19-/m1/s1. The summed E-state index contributed by atoms with van der Waals surface area (Å²) >= 11 is 24.8. The lowest BCUT2D eigenvalue weighted by Crippen LogP contribution is -2.43. The topological polar surface area (TPSA) is 41.1 Å². The monoisotopic (exact) mass is 428 g/mol. The molecule has 136 valence electrons. The molecule has 0 aromatic heterocycles. The van der Waals surface area contributed by atoms with Gasteiger partial charge >= 0.3 is 0 Å². The zero-order valence-electron chi connectivity index (χ0n) is 14.0. The molecule has 0 saturated carbocycles. The molecule has 0 fully saturated rings. The van der Waals surface area contributed by atoms with Crippen molar-refractivity contribution in [1.29, 1.82) is 0 Å². The van der Waals surface area contributed by atoms with Crippen LogP contribution in [0.4, 0.5) is 0 Å². The van der Waals surface area contributed by atoms with Crippen LogP contribution in [0.5, 0.6) is 0 Å². The second-order valence-corrected chi connectivity index (χ2v) is 7.79. The molecule has 0 amide bonds. The van der Waals surface area contributed by atoms with E-state index in [2.05, 4.69) is 10.6 Å². The molecule has 0 spiro atoms. The van der Waals surface area contributed by atoms with Crippen molar-refractivity contribution in [1.82, 2.24) is 10.6 Å². The third-order valence-corrected chi connectivity index (χ3v) is 5.44. The van der Waals surface area contributed by atoms with Gasteiger partial charge < -0.3 is 5.32 Å². The molecule has 0 saturated heterocycles. The van der Waals surface area contributed by atoms with Crippen LogP contribution in [0, 0.1) is 0 Å². The summed E-state index contributed by atoms with van der Waals surface area (Å²) in [6.07, 6.45) is -0.306. The maximum atomic E-state index is 12.3. The van der Waals surface area contributed by atoms with Crippen LogP contribution >= 0.6 is 46.4 Å². The number of hydrogen-bond donors (Lipinski definition) is 2. The van der Waals surface area contributed by atoms with E-state index in [9.17, 15) is 4.79 Å². The maximum Gasteiger partial charge on any atom is 0.159 e. The van der Waals surface area contributed by atoms with E-state index in [4.69, 9.17) is 46.4 Å². The van der Waals surface area contributed by atoms with Gasteiger partial charge in [0.25, 0.3) is 0 Å². The van der Waals surface area contributed by atoms with Crippen molar-refractivity contribution in [2.24, 2.45) is 0 Å². The van der Waals surface area contributed by atoms with Gasteiger partial charge in [-0.15, -0.1) is 0 Å². The predicted molar refractivity (Wildman–Crippen MR) is 108 cm³/mol. The van der Waals surface area contributed by atoms with E-state index in [0.29, 0.717) is 25.7 Å². The Morgan fingerprint density at radius 3 is 1.96 bits per heavy atom. The molecule has 0 aliphatic carbocycles. The number of hydrogen-bond acceptors (Lipinski definition) is 3. The molecule has 1 aliphatic rings. The predicted octanol–water partition coefficient (Wildman–Crippen LogP) is 6.10. The van der Waals surface area contributed by atoms with Gasteiger partial charge in [0.2, 0.25) is 0 Å². The van der Waals surface area contributed by atoms with Crippen molar-refractivity contribution in [3.05, 3.63) is 78.9 Å². The number of carbonyl (C=O) groups excluding carboxylic acids is 1. The van der Waals surface area contributed by atoms with Crippen LogP contribution in [0.1, 0.15) is 37.2 Å². The molecule has 26 heavy (non-hydrogen) atoms. The van der Waals surface area contributed by atoms with Crippen LogP contribution in [0.25, 0.3) is 0 Å². The van der Waals surface area contributed by atoms with Gasteiger partial charge in [-0.3, -0.25) is 10.1 Å². The molecule has 2 N–H and O–H groups in total. The summed E-state index contributed by atoms with van der Waals surface area (Å²) in [6, 6.07) is 10.2. The highest BCUT2D eigenvalue weighted by Gasteiger charge is 2.32. The first-order chi connectivity index (χ1) is 12.3. The second-order valence-electron chi connectivity index (χ2n) is 6.10. The van der Waals surface area contributed by atoms with Crippen molar-refractivity contribution < 1.29 is 4.79 Å². The highest BCUT2D eigenvalue weighted by atomic mass is 35.5. The van der Waals surface area contributed by atoms with E-state index >= 15 is 0 Å². The fraction of sp³-hybridized carbons (Fsp3) is 0.211. The van der Waals surface area contributed by atoms with Crippen molar-refractivity contribution in [3.63, 3.8) is 0 Å². The minimum absolute atomic E-state index is 0.0424. The molecule has 7 heteroatoms. The average molecular weight is 430 g/mol. The molecule has 2 aromatic carbocycles. The first kappa shape index (κ1) is 19.5. The molecule has 3 rings (SSSR count). The van der Waals surface area contributed by atoms with Gasteiger partial charge in [-0.25, -0.2) is 0 Å². The van der Waals surface area contributed by atoms with Gasteiger partial charge in [0, 0.05) is 36.9 Å². The summed E-state index contributed by atoms with van der Waals surface area (Å²) in [4.78, 5) is 12.3. The fourth-order valence-electron chi connectivity index (χ4n) is 3.15. The molecule has 0 bridgehead atoms. The zero-order chi connectivity index (χ0) is 19.0. The fourth-order valence-corrected chi connectivity index (χ4v) is 4.19. The minimum atomic E-state index is -0.393. The average Bonchev–Trinajstić information content (AvgIpc) is 2.53. The molecular formula is C19H16Cl4N2O. The van der Waals surface area contributed by atoms with Crippen molar-refractivity contribution in [2.45, 2.75) is 26.1 Å². The molecule has 1 heterocycles. The Morgan fingerprint density at radius 2 is 1.46 bits per heavy atom. The Balaban J connectivity index is 2.08. The summed E-state index contributed by atoms with van der Waals surface area (Å²) in [7, 11) is 0. The lowest BCUT2D eigenvalue weighted by atomic mass is 9.91. The van der Waals surface area contributed by atoms with Crippen LogP contribution in [-0.2, 0) is 4.79 Å². The molecule has 2 aromatic rings. The Kier molecular flexibility index (Phi) is 5.85. The summed E-state index contributed by atoms with van der Waals surface area (Å²) in [5, 5.41) is 8.85. The van der Waals surface area contributed by atoms with Crippen LogP contribution in [-0.4, -0.2) is 5.78 Å². The van der Waals surface area contributed by atoms with Crippen molar-refractivity contribution in [3.8, 4) is 0 Å². The van der Waals surface area contributed by atoms with Gasteiger partial charge in [0.05, 0.1) is 6.04 Å². The summed E-state index contributed by atoms with van der Waals surface area (Å²) < 4.78 is 0. The van der Waals surface area contributed by atoms with Crippen LogP contribution in [0.15, 0.2) is 47.7 Å². The Labute approximate surface area is 172 Å². The van der Waals surface area contributed by atoms with Crippen LogP contribution in [0.3, 0.4) is 0 Å². The highest BCUT2D eigenvalue weighted by molar-refractivity contribution is 6.35. The summed E-state index contributed by atoms with van der Waals surface area (Å²) in [5.74, 6) is -0.0424. The normalized spacial score (nSPS) is 20.1. The quantitative estimate of drug-likeness (QED) is 0.619. The lowest BCUT2D eigenvalue weighted by Gasteiger charge is -2.36. The zero-order valence-corrected chi connectivity index (χ0v) is 17.1. The van der Waals surface area contributed by atoms with Crippen LogP contribution in [0.2, 0.25) is 20.1 Å².